The largest absolute Gasteiger partial charge is 0.726 e. The molecular weight excluding hydrogens is 478 g/mol. The van der Waals surface area contributed by atoms with Crippen molar-refractivity contribution in [3.63, 3.8) is 0 Å². The SMILES string of the molecule is CCCCCCCC/C=C\CCCCCCCCNC(=O)[C@H](O)[C@@H](O)[C@H](O)[C@H](O)COS(=O)(=O)[O-]. The van der Waals surface area contributed by atoms with Gasteiger partial charge in [-0.25, -0.2) is 8.42 Å². The van der Waals surface area contributed by atoms with Gasteiger partial charge in [0.2, 0.25) is 10.4 Å². The van der Waals surface area contributed by atoms with Crippen molar-refractivity contribution in [2.45, 2.75) is 121 Å². The Hall–Kier alpha value is -1.08. The van der Waals surface area contributed by atoms with Gasteiger partial charge in [-0.05, 0) is 32.1 Å². The summed E-state index contributed by atoms with van der Waals surface area (Å²) in [6.07, 6.45) is 12.6. The standard InChI is InChI=1S/C24H47NO9S/c1-2-3-4-5-6-7-8-9-10-11-12-13-14-15-16-17-18-25-24(30)23(29)22(28)21(27)20(26)19-34-35(31,32)33/h9-10,20-23,26-29H,2-8,11-19H2,1H3,(H,25,30)(H,31,32,33)/p-1/b10-9-/t20-,21-,22+,23-/m1/s1. The van der Waals surface area contributed by atoms with Crippen LogP contribution in [0.15, 0.2) is 12.2 Å². The minimum atomic E-state index is -5.10. The van der Waals surface area contributed by atoms with Crippen LogP contribution in [0, 0.1) is 0 Å². The lowest BCUT2D eigenvalue weighted by molar-refractivity contribution is -0.148. The average Bonchev–Trinajstić information content (AvgIpc) is 2.82. The van der Waals surface area contributed by atoms with Gasteiger partial charge in [0, 0.05) is 6.54 Å². The van der Waals surface area contributed by atoms with E-state index in [9.17, 15) is 38.2 Å². The Morgan fingerprint density at radius 3 is 1.83 bits per heavy atom. The van der Waals surface area contributed by atoms with E-state index < -0.39 is 47.3 Å². The molecule has 11 heteroatoms. The molecule has 4 atom stereocenters. The smallest absolute Gasteiger partial charge is 0.251 e. The molecule has 0 spiro atoms. The van der Waals surface area contributed by atoms with Gasteiger partial charge in [0.1, 0.15) is 18.3 Å². The van der Waals surface area contributed by atoms with Crippen LogP contribution < -0.4 is 5.32 Å². The molecular formula is C24H46NO9S-. The molecule has 10 nitrogen and oxygen atoms in total. The third kappa shape index (κ3) is 19.7. The molecule has 1 amide bonds. The first kappa shape index (κ1) is 33.9. The topological polar surface area (TPSA) is 176 Å². The van der Waals surface area contributed by atoms with Crippen molar-refractivity contribution < 1.29 is 42.4 Å². The Morgan fingerprint density at radius 2 is 1.31 bits per heavy atom. The van der Waals surface area contributed by atoms with E-state index in [1.807, 2.05) is 0 Å². The van der Waals surface area contributed by atoms with Gasteiger partial charge in [-0.1, -0.05) is 76.9 Å². The number of nitrogens with one attached hydrogen (secondary N) is 1. The van der Waals surface area contributed by atoms with Crippen LogP contribution in [0.2, 0.25) is 0 Å². The normalized spacial score (nSPS) is 15.7. The van der Waals surface area contributed by atoms with E-state index in [1.54, 1.807) is 0 Å². The van der Waals surface area contributed by atoms with Crippen molar-refractivity contribution in [1.29, 1.82) is 0 Å². The molecule has 208 valence electrons. The molecule has 0 rings (SSSR count). The quantitative estimate of drug-likeness (QED) is 0.0579. The van der Waals surface area contributed by atoms with Crippen molar-refractivity contribution >= 4 is 16.3 Å². The number of hydrogen-bond acceptors (Lipinski definition) is 9. The number of carbonyl (C=O) groups excluding carboxylic acids is 1. The summed E-state index contributed by atoms with van der Waals surface area (Å²) in [5, 5.41) is 41.3. The third-order valence-corrected chi connectivity index (χ3v) is 6.13. The summed E-state index contributed by atoms with van der Waals surface area (Å²) in [5.41, 5.74) is 0. The Morgan fingerprint density at radius 1 is 0.829 bits per heavy atom. The minimum Gasteiger partial charge on any atom is -0.726 e. The fourth-order valence-corrected chi connectivity index (χ4v) is 3.82. The molecule has 0 saturated carbocycles. The summed E-state index contributed by atoms with van der Waals surface area (Å²) in [5.74, 6) is -0.936. The molecule has 35 heavy (non-hydrogen) atoms. The van der Waals surface area contributed by atoms with Crippen LogP contribution in [-0.4, -0.2) is 76.9 Å². The van der Waals surface area contributed by atoms with Crippen LogP contribution >= 0.6 is 0 Å². The van der Waals surface area contributed by atoms with Crippen molar-refractivity contribution in [1.82, 2.24) is 5.32 Å². The summed E-state index contributed by atoms with van der Waals surface area (Å²) in [4.78, 5) is 11.9. The second-order valence-corrected chi connectivity index (χ2v) is 9.97. The summed E-state index contributed by atoms with van der Waals surface area (Å²) in [7, 11) is -5.10. The van der Waals surface area contributed by atoms with E-state index in [1.165, 1.54) is 44.9 Å². The number of rotatable bonds is 23. The molecule has 0 fully saturated rings. The van der Waals surface area contributed by atoms with Gasteiger partial charge >= 0.3 is 0 Å². The van der Waals surface area contributed by atoms with Crippen molar-refractivity contribution in [3.8, 4) is 0 Å². The van der Waals surface area contributed by atoms with Crippen LogP contribution in [0.3, 0.4) is 0 Å². The lowest BCUT2D eigenvalue weighted by Gasteiger charge is -2.26. The number of aliphatic hydroxyl groups excluding tert-OH is 4. The highest BCUT2D eigenvalue weighted by atomic mass is 32.3. The van der Waals surface area contributed by atoms with Crippen molar-refractivity contribution in [2.75, 3.05) is 13.2 Å². The van der Waals surface area contributed by atoms with Gasteiger partial charge in [-0.15, -0.1) is 0 Å². The number of hydrogen-bond donors (Lipinski definition) is 5. The van der Waals surface area contributed by atoms with E-state index >= 15 is 0 Å². The van der Waals surface area contributed by atoms with Crippen molar-refractivity contribution in [3.05, 3.63) is 12.2 Å². The van der Waals surface area contributed by atoms with E-state index in [0.29, 0.717) is 6.42 Å². The monoisotopic (exact) mass is 524 g/mol. The lowest BCUT2D eigenvalue weighted by atomic mass is 10.0. The average molecular weight is 525 g/mol. The highest BCUT2D eigenvalue weighted by molar-refractivity contribution is 7.80. The maximum Gasteiger partial charge on any atom is 0.251 e. The molecule has 0 aromatic rings. The fourth-order valence-electron chi connectivity index (χ4n) is 3.51. The third-order valence-electron chi connectivity index (χ3n) is 5.71. The van der Waals surface area contributed by atoms with Gasteiger partial charge in [-0.2, -0.15) is 0 Å². The van der Waals surface area contributed by atoms with Crippen LogP contribution in [0.1, 0.15) is 96.8 Å². The first-order valence-electron chi connectivity index (χ1n) is 12.8. The predicted molar refractivity (Wildman–Crippen MR) is 132 cm³/mol. The minimum absolute atomic E-state index is 0.278. The second kappa shape index (κ2) is 21.0. The Kier molecular flexibility index (Phi) is 20.4. The number of unbranched alkanes of at least 4 members (excludes halogenated alkanes) is 12. The number of carbonyl (C=O) groups is 1. The van der Waals surface area contributed by atoms with E-state index in [-0.39, 0.29) is 6.54 Å². The Labute approximate surface area is 210 Å². The first-order valence-corrected chi connectivity index (χ1v) is 14.2. The highest BCUT2D eigenvalue weighted by Gasteiger charge is 2.34. The molecule has 0 radical (unpaired) electrons. The highest BCUT2D eigenvalue weighted by Crippen LogP contribution is 2.10. The Bertz CT molecular complexity index is 657. The zero-order valence-electron chi connectivity index (χ0n) is 21.0. The molecule has 0 saturated heterocycles. The molecule has 0 aromatic heterocycles. The summed E-state index contributed by atoms with van der Waals surface area (Å²) in [6, 6.07) is 0. The van der Waals surface area contributed by atoms with Crippen LogP contribution in [-0.2, 0) is 19.4 Å². The van der Waals surface area contributed by atoms with Crippen LogP contribution in [0.4, 0.5) is 0 Å². The Balaban J connectivity index is 3.73. The van der Waals surface area contributed by atoms with Crippen LogP contribution in [0.25, 0.3) is 0 Å². The molecule has 0 aliphatic rings. The van der Waals surface area contributed by atoms with Gasteiger partial charge in [0.25, 0.3) is 5.91 Å². The van der Waals surface area contributed by atoms with E-state index in [2.05, 4.69) is 28.6 Å². The molecule has 5 N–H and O–H groups in total. The number of aliphatic hydroxyl groups is 4. The van der Waals surface area contributed by atoms with E-state index in [4.69, 9.17) is 0 Å². The molecule has 0 aliphatic carbocycles. The molecule has 0 aromatic carbocycles. The lowest BCUT2D eigenvalue weighted by Crippen LogP contribution is -2.52. The number of amides is 1. The second-order valence-electron chi connectivity index (χ2n) is 8.92. The fraction of sp³-hybridized carbons (Fsp3) is 0.875. The number of allylic oxidation sites excluding steroid dienone is 2. The molecule has 0 aliphatic heterocycles. The maximum absolute atomic E-state index is 11.9. The first-order chi connectivity index (χ1) is 16.6. The summed E-state index contributed by atoms with van der Waals surface area (Å²) in [6.45, 7) is 1.39. The molecule has 0 bridgehead atoms. The van der Waals surface area contributed by atoms with Crippen molar-refractivity contribution in [2.24, 2.45) is 0 Å². The zero-order valence-corrected chi connectivity index (χ0v) is 21.8. The van der Waals surface area contributed by atoms with Gasteiger partial charge < -0.3 is 30.3 Å². The summed E-state index contributed by atoms with van der Waals surface area (Å²) >= 11 is 0. The molecule has 0 unspecified atom stereocenters. The van der Waals surface area contributed by atoms with Crippen LogP contribution in [0.5, 0.6) is 0 Å². The van der Waals surface area contributed by atoms with E-state index in [0.717, 1.165) is 38.5 Å². The zero-order chi connectivity index (χ0) is 26.5. The van der Waals surface area contributed by atoms with Gasteiger partial charge in [-0.3, -0.25) is 8.98 Å². The molecule has 0 heterocycles. The predicted octanol–water partition coefficient (Wildman–Crippen LogP) is 2.06. The maximum atomic E-state index is 11.9. The summed E-state index contributed by atoms with van der Waals surface area (Å²) < 4.78 is 34.8. The van der Waals surface area contributed by atoms with Gasteiger partial charge in [0.15, 0.2) is 6.10 Å². The van der Waals surface area contributed by atoms with Gasteiger partial charge in [0.05, 0.1) is 6.61 Å².